The SMILES string of the molecule is COCCN(CC(=O)O)c1c([N+](=O)[O-])c(C)nn1C(C)C. The molecule has 0 saturated carbocycles. The Balaban J connectivity index is 3.38. The Kier molecular flexibility index (Phi) is 5.65. The summed E-state index contributed by atoms with van der Waals surface area (Å²) in [5, 5.41) is 24.5. The van der Waals surface area contributed by atoms with Crippen LogP contribution in [0.3, 0.4) is 0 Å². The summed E-state index contributed by atoms with van der Waals surface area (Å²) < 4.78 is 6.43. The monoisotopic (exact) mass is 300 g/mol. The van der Waals surface area contributed by atoms with Crippen LogP contribution in [-0.4, -0.2) is 52.6 Å². The van der Waals surface area contributed by atoms with E-state index < -0.39 is 10.9 Å². The molecule has 0 spiro atoms. The molecule has 1 N–H and O–H groups in total. The number of ether oxygens (including phenoxy) is 1. The highest BCUT2D eigenvalue weighted by atomic mass is 16.6. The van der Waals surface area contributed by atoms with Crippen molar-refractivity contribution < 1.29 is 19.6 Å². The van der Waals surface area contributed by atoms with Gasteiger partial charge in [-0.05, 0) is 20.8 Å². The van der Waals surface area contributed by atoms with Crippen LogP contribution in [0.1, 0.15) is 25.6 Å². The summed E-state index contributed by atoms with van der Waals surface area (Å²) in [5.41, 5.74) is 0.0950. The first-order valence-electron chi connectivity index (χ1n) is 6.48. The van der Waals surface area contributed by atoms with Gasteiger partial charge in [-0.3, -0.25) is 14.9 Å². The second-order valence-electron chi connectivity index (χ2n) is 4.86. The van der Waals surface area contributed by atoms with Gasteiger partial charge in [-0.1, -0.05) is 0 Å². The number of rotatable bonds is 8. The highest BCUT2D eigenvalue weighted by Crippen LogP contribution is 2.33. The second kappa shape index (κ2) is 7.02. The van der Waals surface area contributed by atoms with E-state index in [-0.39, 0.29) is 42.9 Å². The first-order valence-corrected chi connectivity index (χ1v) is 6.48. The number of aryl methyl sites for hydroxylation is 1. The van der Waals surface area contributed by atoms with Crippen molar-refractivity contribution in [2.24, 2.45) is 0 Å². The van der Waals surface area contributed by atoms with E-state index in [1.165, 1.54) is 23.6 Å². The molecule has 0 unspecified atom stereocenters. The van der Waals surface area contributed by atoms with Crippen LogP contribution in [0, 0.1) is 17.0 Å². The van der Waals surface area contributed by atoms with Crippen molar-refractivity contribution in [3.05, 3.63) is 15.8 Å². The molecule has 0 radical (unpaired) electrons. The van der Waals surface area contributed by atoms with Crippen LogP contribution >= 0.6 is 0 Å². The summed E-state index contributed by atoms with van der Waals surface area (Å²) in [6.07, 6.45) is 0. The van der Waals surface area contributed by atoms with Crippen molar-refractivity contribution in [1.82, 2.24) is 9.78 Å². The summed E-state index contributed by atoms with van der Waals surface area (Å²) in [6, 6.07) is -0.133. The molecule has 1 heterocycles. The minimum absolute atomic E-state index is 0.133. The molecule has 9 heteroatoms. The lowest BCUT2D eigenvalue weighted by molar-refractivity contribution is -0.384. The number of carboxylic acid groups (broad SMARTS) is 1. The lowest BCUT2D eigenvalue weighted by Crippen LogP contribution is -2.35. The number of carboxylic acids is 1. The van der Waals surface area contributed by atoms with E-state index in [1.807, 2.05) is 13.8 Å². The van der Waals surface area contributed by atoms with Gasteiger partial charge in [0.1, 0.15) is 12.2 Å². The van der Waals surface area contributed by atoms with Crippen LogP contribution in [0.2, 0.25) is 0 Å². The van der Waals surface area contributed by atoms with Crippen molar-refractivity contribution in [3.8, 4) is 0 Å². The average Bonchev–Trinajstić information content (AvgIpc) is 2.71. The third-order valence-electron chi connectivity index (χ3n) is 2.89. The lowest BCUT2D eigenvalue weighted by atomic mass is 10.3. The number of hydrogen-bond donors (Lipinski definition) is 1. The highest BCUT2D eigenvalue weighted by molar-refractivity contribution is 5.75. The Hall–Kier alpha value is -2.16. The molecular formula is C12H20N4O5. The van der Waals surface area contributed by atoms with Gasteiger partial charge in [0.05, 0.1) is 11.5 Å². The number of nitrogens with zero attached hydrogens (tertiary/aromatic N) is 4. The molecular weight excluding hydrogens is 280 g/mol. The fraction of sp³-hybridized carbons (Fsp3) is 0.667. The number of carbonyl (C=O) groups is 1. The van der Waals surface area contributed by atoms with Gasteiger partial charge in [0, 0.05) is 19.7 Å². The first kappa shape index (κ1) is 16.9. The largest absolute Gasteiger partial charge is 0.480 e. The molecule has 0 aliphatic carbocycles. The fourth-order valence-corrected chi connectivity index (χ4v) is 2.02. The first-order chi connectivity index (χ1) is 9.79. The summed E-state index contributed by atoms with van der Waals surface area (Å²) >= 11 is 0. The number of hydrogen-bond acceptors (Lipinski definition) is 6. The maximum absolute atomic E-state index is 11.3. The minimum Gasteiger partial charge on any atom is -0.480 e. The Morgan fingerprint density at radius 2 is 2.19 bits per heavy atom. The zero-order valence-electron chi connectivity index (χ0n) is 12.6. The molecule has 0 aliphatic rings. The maximum atomic E-state index is 11.3. The van der Waals surface area contributed by atoms with Crippen LogP contribution in [-0.2, 0) is 9.53 Å². The predicted octanol–water partition coefficient (Wildman–Crippen LogP) is 1.22. The number of aliphatic carboxylic acids is 1. The molecule has 0 fully saturated rings. The summed E-state index contributed by atoms with van der Waals surface area (Å²) in [4.78, 5) is 23.2. The van der Waals surface area contributed by atoms with Gasteiger partial charge in [-0.15, -0.1) is 0 Å². The maximum Gasteiger partial charge on any atom is 0.333 e. The topological polar surface area (TPSA) is 111 Å². The molecule has 1 rings (SSSR count). The number of nitro groups is 1. The molecule has 0 amide bonds. The van der Waals surface area contributed by atoms with Crippen molar-refractivity contribution in [2.45, 2.75) is 26.8 Å². The molecule has 0 aliphatic heterocycles. The third-order valence-corrected chi connectivity index (χ3v) is 2.89. The van der Waals surface area contributed by atoms with E-state index >= 15 is 0 Å². The van der Waals surface area contributed by atoms with Crippen molar-refractivity contribution in [2.75, 3.05) is 31.7 Å². The summed E-state index contributed by atoms with van der Waals surface area (Å²) in [7, 11) is 1.48. The Bertz CT molecular complexity index is 526. The normalized spacial score (nSPS) is 10.9. The van der Waals surface area contributed by atoms with E-state index in [2.05, 4.69) is 5.10 Å². The summed E-state index contributed by atoms with van der Waals surface area (Å²) in [6.45, 7) is 5.32. The third kappa shape index (κ3) is 3.91. The Labute approximate surface area is 122 Å². The zero-order chi connectivity index (χ0) is 16.2. The van der Waals surface area contributed by atoms with E-state index in [4.69, 9.17) is 9.84 Å². The average molecular weight is 300 g/mol. The second-order valence-corrected chi connectivity index (χ2v) is 4.86. The minimum atomic E-state index is -1.07. The summed E-state index contributed by atoms with van der Waals surface area (Å²) in [5.74, 6) is -0.874. The Morgan fingerprint density at radius 3 is 2.62 bits per heavy atom. The van der Waals surface area contributed by atoms with E-state index in [1.54, 1.807) is 0 Å². The van der Waals surface area contributed by atoms with Crippen molar-refractivity contribution >= 4 is 17.5 Å². The van der Waals surface area contributed by atoms with Gasteiger partial charge in [-0.2, -0.15) is 5.10 Å². The predicted molar refractivity (Wildman–Crippen MR) is 75.7 cm³/mol. The van der Waals surface area contributed by atoms with Crippen LogP contribution in [0.25, 0.3) is 0 Å². The number of anilines is 1. The van der Waals surface area contributed by atoms with Crippen molar-refractivity contribution in [1.29, 1.82) is 0 Å². The molecule has 0 aromatic carbocycles. The quantitative estimate of drug-likeness (QED) is 0.567. The van der Waals surface area contributed by atoms with Crippen LogP contribution in [0.15, 0.2) is 0 Å². The van der Waals surface area contributed by atoms with E-state index in [0.29, 0.717) is 0 Å². The van der Waals surface area contributed by atoms with Gasteiger partial charge in [-0.25, -0.2) is 4.68 Å². The molecule has 1 aromatic rings. The molecule has 0 saturated heterocycles. The highest BCUT2D eigenvalue weighted by Gasteiger charge is 2.31. The van der Waals surface area contributed by atoms with Crippen LogP contribution in [0.5, 0.6) is 0 Å². The van der Waals surface area contributed by atoms with E-state index in [0.717, 1.165) is 0 Å². The lowest BCUT2D eigenvalue weighted by Gasteiger charge is -2.23. The van der Waals surface area contributed by atoms with Gasteiger partial charge < -0.3 is 14.7 Å². The zero-order valence-corrected chi connectivity index (χ0v) is 12.6. The molecule has 0 bridgehead atoms. The molecule has 1 aromatic heterocycles. The van der Waals surface area contributed by atoms with E-state index in [9.17, 15) is 14.9 Å². The Morgan fingerprint density at radius 1 is 1.57 bits per heavy atom. The molecule has 0 atom stereocenters. The van der Waals surface area contributed by atoms with Crippen molar-refractivity contribution in [3.63, 3.8) is 0 Å². The fourth-order valence-electron chi connectivity index (χ4n) is 2.02. The van der Waals surface area contributed by atoms with Gasteiger partial charge in [0.2, 0.25) is 5.82 Å². The molecule has 9 nitrogen and oxygen atoms in total. The van der Waals surface area contributed by atoms with Gasteiger partial charge in [0.15, 0.2) is 0 Å². The number of aromatic nitrogens is 2. The molecule has 118 valence electrons. The van der Waals surface area contributed by atoms with Crippen LogP contribution < -0.4 is 4.90 Å². The van der Waals surface area contributed by atoms with Gasteiger partial charge >= 0.3 is 11.7 Å². The smallest absolute Gasteiger partial charge is 0.333 e. The standard InChI is InChI=1S/C12H20N4O5/c1-8(2)15-12(11(16(19)20)9(3)13-15)14(5-6-21-4)7-10(17)18/h8H,5-7H2,1-4H3,(H,17,18). The van der Waals surface area contributed by atoms with Gasteiger partial charge in [0.25, 0.3) is 0 Å². The number of methoxy groups -OCH3 is 1. The van der Waals surface area contributed by atoms with Crippen LogP contribution in [0.4, 0.5) is 11.5 Å². The molecule has 21 heavy (non-hydrogen) atoms.